The van der Waals surface area contributed by atoms with Gasteiger partial charge in [-0.2, -0.15) is 0 Å². The minimum absolute atomic E-state index is 0.509. The van der Waals surface area contributed by atoms with E-state index in [0.29, 0.717) is 11.6 Å². The molecule has 0 bridgehead atoms. The van der Waals surface area contributed by atoms with Gasteiger partial charge in [0.1, 0.15) is 11.6 Å². The fourth-order valence-corrected chi connectivity index (χ4v) is 5.07. The molecule has 2 aliphatic carbocycles. The molecule has 0 aromatic heterocycles. The topological polar surface area (TPSA) is 34.1 Å². The molecule has 0 unspecified atom stereocenters. The molecule has 0 spiro atoms. The number of carbonyl (C=O) groups is 2. The molecule has 2 rings (SSSR count). The van der Waals surface area contributed by atoms with E-state index in [1.165, 1.54) is 128 Å². The van der Waals surface area contributed by atoms with E-state index in [1.807, 2.05) is 0 Å². The molecule has 0 aliphatic heterocycles. The molecule has 0 heterocycles. The van der Waals surface area contributed by atoms with Crippen LogP contribution in [0.15, 0.2) is 0 Å². The van der Waals surface area contributed by atoms with E-state index < -0.39 is 0 Å². The number of hydrogen-bond donors (Lipinski definition) is 0. The predicted octanol–water partition coefficient (Wildman–Crippen LogP) is 10.1. The number of ketones is 2. The standard InChI is InChI=1S/2C15H28O/c2*16-15-13-11-9-7-5-3-1-2-4-6-8-10-12-14-15/h2*1-14H2. The van der Waals surface area contributed by atoms with Crippen LogP contribution in [0, 0.1) is 0 Å². The minimum atomic E-state index is 0.509. The maximum Gasteiger partial charge on any atom is 0.132 e. The molecule has 32 heavy (non-hydrogen) atoms. The van der Waals surface area contributed by atoms with Gasteiger partial charge in [0.25, 0.3) is 0 Å². The van der Waals surface area contributed by atoms with Gasteiger partial charge < -0.3 is 0 Å². The third-order valence-corrected chi connectivity index (χ3v) is 7.32. The number of rotatable bonds is 0. The summed E-state index contributed by atoms with van der Waals surface area (Å²) in [6.07, 6.45) is 35.3. The first-order valence-corrected chi connectivity index (χ1v) is 14.8. The van der Waals surface area contributed by atoms with Crippen LogP contribution >= 0.6 is 0 Å². The van der Waals surface area contributed by atoms with Crippen molar-refractivity contribution in [2.24, 2.45) is 0 Å². The van der Waals surface area contributed by atoms with Crippen LogP contribution in [0.25, 0.3) is 0 Å². The summed E-state index contributed by atoms with van der Waals surface area (Å²) >= 11 is 0. The highest BCUT2D eigenvalue weighted by Gasteiger charge is 2.04. The summed E-state index contributed by atoms with van der Waals surface area (Å²) in [5.74, 6) is 1.02. The van der Waals surface area contributed by atoms with E-state index in [4.69, 9.17) is 0 Å². The summed E-state index contributed by atoms with van der Waals surface area (Å²) in [6.45, 7) is 0. The normalized spacial score (nSPS) is 23.4. The van der Waals surface area contributed by atoms with Gasteiger partial charge in [0.05, 0.1) is 0 Å². The summed E-state index contributed by atoms with van der Waals surface area (Å²) in [5, 5.41) is 0. The molecular weight excluding hydrogens is 392 g/mol. The van der Waals surface area contributed by atoms with E-state index in [1.54, 1.807) is 0 Å². The summed E-state index contributed by atoms with van der Waals surface area (Å²) in [4.78, 5) is 23.0. The fraction of sp³-hybridized carbons (Fsp3) is 0.933. The summed E-state index contributed by atoms with van der Waals surface area (Å²) < 4.78 is 0. The molecule has 2 aliphatic rings. The van der Waals surface area contributed by atoms with Crippen LogP contribution in [0.1, 0.15) is 180 Å². The van der Waals surface area contributed by atoms with E-state index in [2.05, 4.69) is 0 Å². The van der Waals surface area contributed by atoms with Crippen molar-refractivity contribution >= 4 is 11.6 Å². The smallest absolute Gasteiger partial charge is 0.132 e. The summed E-state index contributed by atoms with van der Waals surface area (Å²) in [5.41, 5.74) is 0. The molecule has 0 saturated heterocycles. The minimum Gasteiger partial charge on any atom is -0.300 e. The summed E-state index contributed by atoms with van der Waals surface area (Å²) in [6, 6.07) is 0. The SMILES string of the molecule is O=C1CCCCCCCCCCCCCC1.O=C1CCCCCCCCCCCCCC1. The largest absolute Gasteiger partial charge is 0.300 e. The lowest BCUT2D eigenvalue weighted by atomic mass is 10.0. The van der Waals surface area contributed by atoms with Crippen molar-refractivity contribution in [2.45, 2.75) is 180 Å². The Balaban J connectivity index is 0.000000320. The number of carbonyl (C=O) groups excluding carboxylic acids is 2. The quantitative estimate of drug-likeness (QED) is 0.369. The lowest BCUT2D eigenvalue weighted by molar-refractivity contribution is -0.120. The van der Waals surface area contributed by atoms with Gasteiger partial charge in [-0.3, -0.25) is 9.59 Å². The molecule has 2 heteroatoms. The first-order chi connectivity index (χ1) is 15.8. The van der Waals surface area contributed by atoms with Crippen molar-refractivity contribution in [3.8, 4) is 0 Å². The van der Waals surface area contributed by atoms with E-state index in [0.717, 1.165) is 51.4 Å². The van der Waals surface area contributed by atoms with Gasteiger partial charge in [-0.25, -0.2) is 0 Å². The van der Waals surface area contributed by atoms with Gasteiger partial charge in [0.15, 0.2) is 0 Å². The second-order valence-corrected chi connectivity index (χ2v) is 10.6. The third kappa shape index (κ3) is 21.2. The van der Waals surface area contributed by atoms with Crippen molar-refractivity contribution in [1.29, 1.82) is 0 Å². The van der Waals surface area contributed by atoms with E-state index in [-0.39, 0.29) is 0 Å². The third-order valence-electron chi connectivity index (χ3n) is 7.32. The monoisotopic (exact) mass is 448 g/mol. The van der Waals surface area contributed by atoms with Crippen molar-refractivity contribution in [1.82, 2.24) is 0 Å². The Morgan fingerprint density at radius 3 is 0.500 bits per heavy atom. The van der Waals surface area contributed by atoms with Gasteiger partial charge in [0, 0.05) is 25.7 Å². The maximum atomic E-state index is 11.5. The average molecular weight is 449 g/mol. The molecule has 2 nitrogen and oxygen atoms in total. The van der Waals surface area contributed by atoms with Gasteiger partial charge in [0.2, 0.25) is 0 Å². The lowest BCUT2D eigenvalue weighted by Crippen LogP contribution is -1.97. The van der Waals surface area contributed by atoms with Crippen molar-refractivity contribution in [2.75, 3.05) is 0 Å². The van der Waals surface area contributed by atoms with Crippen LogP contribution in [-0.2, 0) is 9.59 Å². The molecular formula is C30H56O2. The van der Waals surface area contributed by atoms with Gasteiger partial charge in [-0.15, -0.1) is 0 Å². The Bertz CT molecular complexity index is 353. The Kier molecular flexibility index (Phi) is 21.6. The van der Waals surface area contributed by atoms with E-state index in [9.17, 15) is 9.59 Å². The zero-order chi connectivity index (χ0) is 23.0. The second-order valence-electron chi connectivity index (χ2n) is 10.6. The predicted molar refractivity (Wildman–Crippen MR) is 139 cm³/mol. The zero-order valence-corrected chi connectivity index (χ0v) is 21.6. The highest BCUT2D eigenvalue weighted by atomic mass is 16.1. The number of Topliss-reactive ketones (excluding diaryl/α,β-unsaturated/α-hetero) is 2. The van der Waals surface area contributed by atoms with E-state index >= 15 is 0 Å². The fourth-order valence-electron chi connectivity index (χ4n) is 5.07. The van der Waals surface area contributed by atoms with Crippen LogP contribution in [-0.4, -0.2) is 11.6 Å². The van der Waals surface area contributed by atoms with Crippen LogP contribution in [0.3, 0.4) is 0 Å². The highest BCUT2D eigenvalue weighted by molar-refractivity contribution is 5.78. The first-order valence-electron chi connectivity index (χ1n) is 14.8. The summed E-state index contributed by atoms with van der Waals surface area (Å²) in [7, 11) is 0. The first kappa shape index (κ1) is 29.4. The van der Waals surface area contributed by atoms with Gasteiger partial charge in [-0.1, -0.05) is 128 Å². The molecule has 0 N–H and O–H groups in total. The van der Waals surface area contributed by atoms with Crippen LogP contribution in [0.5, 0.6) is 0 Å². The molecule has 0 aromatic rings. The Morgan fingerprint density at radius 1 is 0.219 bits per heavy atom. The second kappa shape index (κ2) is 23.5. The molecule has 0 atom stereocenters. The maximum absolute atomic E-state index is 11.5. The molecule has 0 radical (unpaired) electrons. The Labute approximate surface area is 201 Å². The molecule has 2 saturated carbocycles. The zero-order valence-electron chi connectivity index (χ0n) is 21.6. The lowest BCUT2D eigenvalue weighted by Gasteiger charge is -2.01. The van der Waals surface area contributed by atoms with Crippen molar-refractivity contribution < 1.29 is 9.59 Å². The molecule has 2 fully saturated rings. The number of hydrogen-bond acceptors (Lipinski definition) is 2. The van der Waals surface area contributed by atoms with Gasteiger partial charge >= 0.3 is 0 Å². The molecule has 0 aromatic carbocycles. The Morgan fingerprint density at radius 2 is 0.344 bits per heavy atom. The average Bonchev–Trinajstić information content (AvgIpc) is 2.80. The van der Waals surface area contributed by atoms with Crippen molar-refractivity contribution in [3.05, 3.63) is 0 Å². The Hall–Kier alpha value is -0.660. The van der Waals surface area contributed by atoms with Crippen LogP contribution < -0.4 is 0 Å². The highest BCUT2D eigenvalue weighted by Crippen LogP contribution is 2.16. The molecule has 0 amide bonds. The van der Waals surface area contributed by atoms with Crippen LogP contribution in [0.2, 0.25) is 0 Å². The molecule has 188 valence electrons. The van der Waals surface area contributed by atoms with Crippen molar-refractivity contribution in [3.63, 3.8) is 0 Å². The van der Waals surface area contributed by atoms with Crippen LogP contribution in [0.4, 0.5) is 0 Å². The van der Waals surface area contributed by atoms with Gasteiger partial charge in [-0.05, 0) is 25.7 Å².